The van der Waals surface area contributed by atoms with Gasteiger partial charge in [0.1, 0.15) is 17.9 Å². The van der Waals surface area contributed by atoms with Crippen LogP contribution in [-0.2, 0) is 17.2 Å². The molecule has 1 amide bonds. The van der Waals surface area contributed by atoms with Crippen molar-refractivity contribution in [3.8, 4) is 0 Å². The molecule has 0 bridgehead atoms. The molecule has 0 aliphatic heterocycles. The van der Waals surface area contributed by atoms with E-state index >= 15 is 0 Å². The average Bonchev–Trinajstić information content (AvgIpc) is 3.11. The number of amides is 1. The molecule has 2 aromatic rings. The molecule has 1 N–H and O–H groups in total. The Morgan fingerprint density at radius 2 is 2.37 bits per heavy atom. The Kier molecular flexibility index (Phi) is 3.45. The van der Waals surface area contributed by atoms with Gasteiger partial charge in [-0.05, 0) is 34.8 Å². The normalized spacial score (nSPS) is 14.8. The Labute approximate surface area is 123 Å². The van der Waals surface area contributed by atoms with Crippen LogP contribution in [-0.4, -0.2) is 26.5 Å². The lowest BCUT2D eigenvalue weighted by atomic mass is 10.4. The van der Waals surface area contributed by atoms with Crippen LogP contribution >= 0.6 is 27.5 Å². The Balaban J connectivity index is 1.93. The molecule has 0 aromatic carbocycles. The maximum absolute atomic E-state index is 11.9. The van der Waals surface area contributed by atoms with Crippen LogP contribution in [0.1, 0.15) is 18.7 Å². The van der Waals surface area contributed by atoms with E-state index in [0.717, 1.165) is 22.8 Å². The van der Waals surface area contributed by atoms with E-state index in [1.807, 2.05) is 6.07 Å². The number of pyridine rings is 1. The minimum atomic E-state index is -0.0158. The number of imidazole rings is 1. The number of aromatic nitrogens is 3. The summed E-state index contributed by atoms with van der Waals surface area (Å²) in [4.78, 5) is 20.6. The number of halogens is 2. The predicted molar refractivity (Wildman–Crippen MR) is 75.9 cm³/mol. The van der Waals surface area contributed by atoms with Gasteiger partial charge in [0.05, 0.1) is 5.88 Å². The Morgan fingerprint density at radius 1 is 1.58 bits per heavy atom. The Hall–Kier alpha value is -1.14. The fourth-order valence-electron chi connectivity index (χ4n) is 1.95. The molecule has 2 aromatic heterocycles. The van der Waals surface area contributed by atoms with Gasteiger partial charge in [-0.3, -0.25) is 4.79 Å². The number of hydrogen-bond acceptors (Lipinski definition) is 3. The third-order valence-electron chi connectivity index (χ3n) is 2.99. The van der Waals surface area contributed by atoms with Crippen molar-refractivity contribution in [1.82, 2.24) is 19.9 Å². The number of carbonyl (C=O) groups excluding carboxylic acids is 1. The summed E-state index contributed by atoms with van der Waals surface area (Å²) >= 11 is 9.25. The van der Waals surface area contributed by atoms with Crippen molar-refractivity contribution in [1.29, 1.82) is 0 Å². The molecular formula is C12H12BrClN4O. The molecule has 1 saturated carbocycles. The smallest absolute Gasteiger partial charge is 0.240 e. The Morgan fingerprint density at radius 3 is 3.05 bits per heavy atom. The molecule has 2 heterocycles. The summed E-state index contributed by atoms with van der Waals surface area (Å²) in [6, 6.07) is 2.22. The van der Waals surface area contributed by atoms with Gasteiger partial charge in [-0.2, -0.15) is 0 Å². The molecule has 5 nitrogen and oxygen atoms in total. The van der Waals surface area contributed by atoms with E-state index in [-0.39, 0.29) is 18.3 Å². The van der Waals surface area contributed by atoms with E-state index in [4.69, 9.17) is 11.6 Å². The van der Waals surface area contributed by atoms with Crippen molar-refractivity contribution < 1.29 is 4.79 Å². The second kappa shape index (κ2) is 5.09. The van der Waals surface area contributed by atoms with Crippen molar-refractivity contribution in [3.05, 3.63) is 22.6 Å². The van der Waals surface area contributed by atoms with Crippen molar-refractivity contribution in [2.45, 2.75) is 31.3 Å². The SMILES string of the molecule is O=C(Cn1c(CCl)nc2cc(Br)cnc21)NC1CC1. The van der Waals surface area contributed by atoms with E-state index in [1.54, 1.807) is 10.8 Å². The standard InChI is InChI=1S/C12H12BrClN4O/c13-7-3-9-12(15-5-7)18(10(4-14)17-9)6-11(19)16-8-1-2-8/h3,5,8H,1-2,4,6H2,(H,16,19). The van der Waals surface area contributed by atoms with Crippen LogP contribution in [0, 0.1) is 0 Å². The number of nitrogens with zero attached hydrogens (tertiary/aromatic N) is 3. The van der Waals surface area contributed by atoms with Crippen molar-refractivity contribution in [3.63, 3.8) is 0 Å². The van der Waals surface area contributed by atoms with Gasteiger partial charge in [-0.1, -0.05) is 0 Å². The summed E-state index contributed by atoms with van der Waals surface area (Å²) < 4.78 is 2.63. The molecule has 0 atom stereocenters. The quantitative estimate of drug-likeness (QED) is 0.866. The molecular weight excluding hydrogens is 332 g/mol. The summed E-state index contributed by atoms with van der Waals surface area (Å²) in [5.41, 5.74) is 1.43. The molecule has 0 spiro atoms. The van der Waals surface area contributed by atoms with Crippen LogP contribution < -0.4 is 5.32 Å². The van der Waals surface area contributed by atoms with Gasteiger partial charge < -0.3 is 9.88 Å². The first-order valence-corrected chi connectivity index (χ1v) is 7.36. The van der Waals surface area contributed by atoms with Crippen LogP contribution in [0.3, 0.4) is 0 Å². The van der Waals surface area contributed by atoms with E-state index in [2.05, 4.69) is 31.2 Å². The summed E-state index contributed by atoms with van der Waals surface area (Å²) in [6.07, 6.45) is 3.84. The van der Waals surface area contributed by atoms with Gasteiger partial charge in [0.15, 0.2) is 5.65 Å². The maximum atomic E-state index is 11.9. The molecule has 1 aliphatic carbocycles. The zero-order chi connectivity index (χ0) is 13.4. The molecule has 3 rings (SSSR count). The zero-order valence-electron chi connectivity index (χ0n) is 10.1. The summed E-state index contributed by atoms with van der Waals surface area (Å²) in [5, 5.41) is 2.95. The third-order valence-corrected chi connectivity index (χ3v) is 3.67. The third kappa shape index (κ3) is 2.74. The van der Waals surface area contributed by atoms with Gasteiger partial charge in [0.25, 0.3) is 0 Å². The lowest BCUT2D eigenvalue weighted by Gasteiger charge is -2.07. The van der Waals surface area contributed by atoms with Crippen LogP contribution in [0.2, 0.25) is 0 Å². The van der Waals surface area contributed by atoms with Crippen molar-refractivity contribution in [2.24, 2.45) is 0 Å². The van der Waals surface area contributed by atoms with E-state index in [9.17, 15) is 4.79 Å². The van der Waals surface area contributed by atoms with Crippen LogP contribution in [0.25, 0.3) is 11.2 Å². The Bertz CT molecular complexity index is 638. The minimum Gasteiger partial charge on any atom is -0.352 e. The highest BCUT2D eigenvalue weighted by Gasteiger charge is 2.24. The monoisotopic (exact) mass is 342 g/mol. The second-order valence-electron chi connectivity index (χ2n) is 4.59. The number of fused-ring (bicyclic) bond motifs is 1. The molecule has 100 valence electrons. The molecule has 19 heavy (non-hydrogen) atoms. The molecule has 0 radical (unpaired) electrons. The topological polar surface area (TPSA) is 59.8 Å². The number of alkyl halides is 1. The van der Waals surface area contributed by atoms with Gasteiger partial charge in [-0.15, -0.1) is 11.6 Å². The number of rotatable bonds is 4. The lowest BCUT2D eigenvalue weighted by Crippen LogP contribution is -2.29. The number of carbonyl (C=O) groups is 1. The van der Waals surface area contributed by atoms with Gasteiger partial charge >= 0.3 is 0 Å². The summed E-state index contributed by atoms with van der Waals surface area (Å²) in [7, 11) is 0. The molecule has 0 saturated heterocycles. The van der Waals surface area contributed by atoms with E-state index in [1.165, 1.54) is 0 Å². The number of hydrogen-bond donors (Lipinski definition) is 1. The summed E-state index contributed by atoms with van der Waals surface area (Å²) in [6.45, 7) is 0.212. The highest BCUT2D eigenvalue weighted by atomic mass is 79.9. The van der Waals surface area contributed by atoms with Crippen molar-refractivity contribution >= 4 is 44.6 Å². The maximum Gasteiger partial charge on any atom is 0.240 e. The lowest BCUT2D eigenvalue weighted by molar-refractivity contribution is -0.121. The van der Waals surface area contributed by atoms with Crippen LogP contribution in [0.15, 0.2) is 16.7 Å². The molecule has 7 heteroatoms. The fraction of sp³-hybridized carbons (Fsp3) is 0.417. The molecule has 1 aliphatic rings. The summed E-state index contributed by atoms with van der Waals surface area (Å²) in [5.74, 6) is 0.899. The van der Waals surface area contributed by atoms with Gasteiger partial charge in [0, 0.05) is 16.7 Å². The predicted octanol–water partition coefficient (Wildman–Crippen LogP) is 2.21. The van der Waals surface area contributed by atoms with Crippen LogP contribution in [0.5, 0.6) is 0 Å². The first-order chi connectivity index (χ1) is 9.17. The fourth-order valence-corrected chi connectivity index (χ4v) is 2.47. The highest BCUT2D eigenvalue weighted by molar-refractivity contribution is 9.10. The first kappa shape index (κ1) is 12.9. The first-order valence-electron chi connectivity index (χ1n) is 6.03. The zero-order valence-corrected chi connectivity index (χ0v) is 12.4. The number of nitrogens with one attached hydrogen (secondary N) is 1. The average molecular weight is 344 g/mol. The van der Waals surface area contributed by atoms with Crippen LogP contribution in [0.4, 0.5) is 0 Å². The molecule has 0 unspecified atom stereocenters. The highest BCUT2D eigenvalue weighted by Crippen LogP contribution is 2.21. The van der Waals surface area contributed by atoms with Gasteiger partial charge in [0.2, 0.25) is 5.91 Å². The van der Waals surface area contributed by atoms with Crippen molar-refractivity contribution in [2.75, 3.05) is 0 Å². The van der Waals surface area contributed by atoms with Gasteiger partial charge in [-0.25, -0.2) is 9.97 Å². The minimum absolute atomic E-state index is 0.0158. The largest absolute Gasteiger partial charge is 0.352 e. The second-order valence-corrected chi connectivity index (χ2v) is 5.77. The van der Waals surface area contributed by atoms with E-state index < -0.39 is 0 Å². The van der Waals surface area contributed by atoms with E-state index in [0.29, 0.717) is 17.5 Å². The molecule has 1 fully saturated rings.